The van der Waals surface area contributed by atoms with E-state index in [-0.39, 0.29) is 121 Å². The molecule has 0 spiro atoms. The van der Waals surface area contributed by atoms with Gasteiger partial charge in [0.2, 0.25) is 11.5 Å². The molecule has 472 valence electrons. The molecule has 1 aliphatic carbocycles. The Hall–Kier alpha value is -11.5. The van der Waals surface area contributed by atoms with Crippen molar-refractivity contribution < 1.29 is 71.3 Å². The van der Waals surface area contributed by atoms with Crippen molar-refractivity contribution in [2.24, 2.45) is 0 Å². The van der Waals surface area contributed by atoms with Gasteiger partial charge in [0, 0.05) is 17.2 Å². The first kappa shape index (κ1) is 64.0. The number of carbonyl (C=O) groups excluding carboxylic acids is 4. The van der Waals surface area contributed by atoms with Crippen molar-refractivity contribution in [3.63, 3.8) is 0 Å². The van der Waals surface area contributed by atoms with Gasteiger partial charge in [-0.15, -0.1) is 0 Å². The third-order valence-electron chi connectivity index (χ3n) is 15.1. The van der Waals surface area contributed by atoms with Gasteiger partial charge in [0.1, 0.15) is 39.6 Å². The Morgan fingerprint density at radius 3 is 0.979 bits per heavy atom. The van der Waals surface area contributed by atoms with E-state index in [0.29, 0.717) is 28.5 Å². The third-order valence-corrected chi connectivity index (χ3v) is 15.1. The van der Waals surface area contributed by atoms with Crippen LogP contribution in [0.4, 0.5) is 0 Å². The molecular weight excluding hydrogens is 1190 g/mol. The Morgan fingerprint density at radius 2 is 0.649 bits per heavy atom. The van der Waals surface area contributed by atoms with Crippen molar-refractivity contribution in [2.45, 2.75) is 58.6 Å². The van der Waals surface area contributed by atoms with E-state index in [9.17, 15) is 4.79 Å². The number of rotatable bonds is 30. The maximum Gasteiger partial charge on any atom is 0.338 e. The van der Waals surface area contributed by atoms with Crippen molar-refractivity contribution in [1.82, 2.24) is 0 Å². The topological polar surface area (TPSA) is 170 Å². The van der Waals surface area contributed by atoms with Crippen LogP contribution in [0.3, 0.4) is 0 Å². The average Bonchev–Trinajstić information content (AvgIpc) is 0.748. The minimum Gasteiger partial charge on any atom is -0.487 e. The zero-order chi connectivity index (χ0) is 64.9. The van der Waals surface area contributed by atoms with Crippen LogP contribution in [0.15, 0.2) is 278 Å². The first-order valence-corrected chi connectivity index (χ1v) is 30.3. The molecule has 0 unspecified atom stereocenters. The van der Waals surface area contributed by atoms with Gasteiger partial charge in [-0.25, -0.2) is 9.59 Å². The summed E-state index contributed by atoms with van der Waals surface area (Å²) >= 11 is 0. The minimum atomic E-state index is -2.45. The van der Waals surface area contributed by atoms with Crippen LogP contribution in [0.5, 0.6) is 34.5 Å². The largest absolute Gasteiger partial charge is 0.487 e. The molecule has 0 saturated carbocycles. The molecule has 11 rings (SSSR count). The number of ketones is 1. The monoisotopic (exact) mass is 1250 g/mol. The Morgan fingerprint density at radius 1 is 0.362 bits per heavy atom. The lowest BCUT2D eigenvalue weighted by Crippen LogP contribution is -2.50. The molecule has 0 atom stereocenters. The molecule has 0 radical (unpaired) electrons. The number of esters is 2. The lowest BCUT2D eigenvalue weighted by atomic mass is 9.91. The van der Waals surface area contributed by atoms with Crippen molar-refractivity contribution >= 4 is 24.0 Å². The second-order valence-corrected chi connectivity index (χ2v) is 21.5. The zero-order valence-electron chi connectivity index (χ0n) is 51.7. The van der Waals surface area contributed by atoms with E-state index in [4.69, 9.17) is 52.1 Å². The van der Waals surface area contributed by atoms with Gasteiger partial charge in [-0.1, -0.05) is 243 Å². The number of aldehydes is 1. The number of ether oxygens (including phenoxy) is 11. The molecule has 94 heavy (non-hydrogen) atoms. The molecule has 15 nitrogen and oxygen atoms in total. The summed E-state index contributed by atoms with van der Waals surface area (Å²) in [7, 11) is 2.40. The van der Waals surface area contributed by atoms with Crippen LogP contribution in [0, 0.1) is 0 Å². The van der Waals surface area contributed by atoms with Gasteiger partial charge in [0.15, 0.2) is 40.8 Å². The molecule has 10 aromatic carbocycles. The molecule has 15 heteroatoms. The quantitative estimate of drug-likeness (QED) is 0.0236. The van der Waals surface area contributed by atoms with Gasteiger partial charge in [0.05, 0.1) is 44.1 Å². The van der Waals surface area contributed by atoms with E-state index < -0.39 is 29.3 Å². The highest BCUT2D eigenvalue weighted by Crippen LogP contribution is 2.56. The van der Waals surface area contributed by atoms with E-state index in [2.05, 4.69) is 0 Å². The summed E-state index contributed by atoms with van der Waals surface area (Å²) in [6.45, 7) is -0.935. The Labute approximate surface area is 544 Å². The van der Waals surface area contributed by atoms with Crippen LogP contribution >= 0.6 is 0 Å². The van der Waals surface area contributed by atoms with Crippen molar-refractivity contribution in [3.8, 4) is 45.6 Å². The summed E-state index contributed by atoms with van der Waals surface area (Å²) in [5, 5.41) is 0. The summed E-state index contributed by atoms with van der Waals surface area (Å²) in [5.41, 5.74) is 4.74. The molecule has 0 bridgehead atoms. The number of carbonyl (C=O) groups is 4. The highest BCUT2D eigenvalue weighted by molar-refractivity contribution is 6.10. The van der Waals surface area contributed by atoms with Gasteiger partial charge in [-0.2, -0.15) is 0 Å². The van der Waals surface area contributed by atoms with E-state index in [0.717, 1.165) is 22.3 Å². The Kier molecular flexibility index (Phi) is 21.4. The first-order valence-electron chi connectivity index (χ1n) is 30.3. The number of methoxy groups -OCH3 is 2. The summed E-state index contributed by atoms with van der Waals surface area (Å²) < 4.78 is 73.1. The highest BCUT2D eigenvalue weighted by atomic mass is 16.7. The molecule has 0 fully saturated rings. The fraction of sp³-hybridized carbons (Fsp3) is 0.139. The molecular formula is C79H66O15. The molecule has 0 N–H and O–H groups in total. The number of hydrogen-bond acceptors (Lipinski definition) is 15. The zero-order valence-corrected chi connectivity index (χ0v) is 51.7. The van der Waals surface area contributed by atoms with Crippen molar-refractivity contribution in [1.29, 1.82) is 0 Å². The van der Waals surface area contributed by atoms with Crippen LogP contribution < -0.4 is 28.4 Å². The predicted octanol–water partition coefficient (Wildman–Crippen LogP) is 15.5. The second kappa shape index (κ2) is 31.5. The van der Waals surface area contributed by atoms with Crippen LogP contribution in [0.2, 0.25) is 0 Å². The molecule has 0 amide bonds. The number of benzene rings is 10. The van der Waals surface area contributed by atoms with E-state index in [1.165, 1.54) is 32.4 Å². The summed E-state index contributed by atoms with van der Waals surface area (Å²) in [5.74, 6) is -6.80. The fourth-order valence-corrected chi connectivity index (χ4v) is 10.4. The average molecular weight is 1260 g/mol. The van der Waals surface area contributed by atoms with Gasteiger partial charge in [-0.05, 0) is 56.6 Å². The van der Waals surface area contributed by atoms with Crippen molar-refractivity contribution in [3.05, 3.63) is 334 Å². The second-order valence-electron chi connectivity index (χ2n) is 21.5. The molecule has 0 aliphatic heterocycles. The molecule has 10 aromatic rings. The first-order chi connectivity index (χ1) is 46.2. The highest BCUT2D eigenvalue weighted by Gasteiger charge is 2.53. The van der Waals surface area contributed by atoms with Crippen LogP contribution in [0.1, 0.15) is 65.2 Å². The van der Waals surface area contributed by atoms with E-state index in [1.807, 2.05) is 243 Å². The Balaban J connectivity index is 1.19. The van der Waals surface area contributed by atoms with Gasteiger partial charge >= 0.3 is 11.9 Å². The summed E-state index contributed by atoms with van der Waals surface area (Å²) in [4.78, 5) is 60.5. The van der Waals surface area contributed by atoms with Crippen LogP contribution in [-0.2, 0) is 86.1 Å². The van der Waals surface area contributed by atoms with Crippen LogP contribution in [0.25, 0.3) is 11.1 Å². The smallest absolute Gasteiger partial charge is 0.338 e. The normalized spacial score (nSPS) is 12.4. The van der Waals surface area contributed by atoms with E-state index in [1.54, 1.807) is 0 Å². The SMILES string of the molecule is COC(=O)c1cc(OCc2ccccc2)c(OCc2ccccc2)c(OCc2ccccc2)c1-c1c(C(=O)OC)cc(OC2=C(C=O)C=C(OCc3ccccc3)C(OCc3ccccc3)(OCc3ccccc3)C2=O)c(OCc2ccccc2)c1OCc1ccccc1. The molecule has 1 aliphatic rings. The minimum absolute atomic E-state index is 0.0199. The Bertz CT molecular complexity index is 4200. The fourth-order valence-electron chi connectivity index (χ4n) is 10.4. The molecule has 0 aromatic heterocycles. The third kappa shape index (κ3) is 15.6. The summed E-state index contributed by atoms with van der Waals surface area (Å²) in [6.07, 6.45) is 1.79. The maximum atomic E-state index is 16.3. The number of Topliss-reactive ketones (excluding diaryl/α,β-unsaturated/α-hetero) is 1. The molecule has 0 saturated heterocycles. The standard InChI is InChI=1S/C79H66O15/c1-84-77(82)64-44-66(86-47-55-27-11-3-12-28-55)72(88-49-57-31-15-5-16-32-57)74(90-51-59-35-19-7-20-36-59)69(64)70-65(78(83)85-2)45-67(73(89-50-58-33-17-6-18-34-58)75(70)91-52-60-37-21-8-22-38-60)94-71-63(46-80)43-68(87-48-56-29-13-4-14-30-56)79(76(71)81,92-53-61-39-23-9-24-40-61)93-54-62-41-25-10-26-42-62/h3-46H,47-54H2,1-2H3. The van der Waals surface area contributed by atoms with E-state index >= 15 is 14.4 Å². The van der Waals surface area contributed by atoms with Gasteiger partial charge in [0.25, 0.3) is 11.6 Å². The predicted molar refractivity (Wildman–Crippen MR) is 352 cm³/mol. The number of allylic oxidation sites excluding steroid dienone is 2. The van der Waals surface area contributed by atoms with Gasteiger partial charge in [-0.3, -0.25) is 9.59 Å². The summed E-state index contributed by atoms with van der Waals surface area (Å²) in [6, 6.07) is 76.9. The van der Waals surface area contributed by atoms with Gasteiger partial charge < -0.3 is 52.1 Å². The lowest BCUT2D eigenvalue weighted by Gasteiger charge is -2.37. The number of hydrogen-bond donors (Lipinski definition) is 0. The molecule has 0 heterocycles. The van der Waals surface area contributed by atoms with Crippen LogP contribution in [-0.4, -0.2) is 44.0 Å². The van der Waals surface area contributed by atoms with Crippen molar-refractivity contribution in [2.75, 3.05) is 14.2 Å². The maximum absolute atomic E-state index is 16.3. The lowest BCUT2D eigenvalue weighted by molar-refractivity contribution is -0.235.